The molecule has 0 unspecified atom stereocenters. The zero-order valence-corrected chi connectivity index (χ0v) is 15.8. The van der Waals surface area contributed by atoms with Crippen LogP contribution in [0.4, 0.5) is 14.6 Å². The van der Waals surface area contributed by atoms with E-state index in [4.69, 9.17) is 16.3 Å². The number of rotatable bonds is 6. The number of H-pyrrole nitrogens is 1. The summed E-state index contributed by atoms with van der Waals surface area (Å²) in [6, 6.07) is 9.85. The lowest BCUT2D eigenvalue weighted by atomic mass is 10.2. The predicted molar refractivity (Wildman–Crippen MR) is 102 cm³/mol. The molecular weight excluding hydrogens is 406 g/mol. The molecule has 150 valence electrons. The zero-order chi connectivity index (χ0) is 21.0. The van der Waals surface area contributed by atoms with E-state index in [1.54, 1.807) is 31.4 Å². The molecule has 3 aromatic rings. The van der Waals surface area contributed by atoms with E-state index in [1.165, 1.54) is 6.07 Å². The van der Waals surface area contributed by atoms with Crippen LogP contribution in [0.15, 0.2) is 42.5 Å². The van der Waals surface area contributed by atoms with Gasteiger partial charge in [-0.3, -0.25) is 14.7 Å². The monoisotopic (exact) mass is 420 g/mol. The van der Waals surface area contributed by atoms with Gasteiger partial charge in [0.1, 0.15) is 11.6 Å². The Morgan fingerprint density at radius 1 is 1.10 bits per heavy atom. The van der Waals surface area contributed by atoms with Crippen molar-refractivity contribution in [3.63, 3.8) is 0 Å². The van der Waals surface area contributed by atoms with Crippen molar-refractivity contribution in [1.82, 2.24) is 15.5 Å². The second-order valence-corrected chi connectivity index (χ2v) is 6.31. The molecule has 0 saturated heterocycles. The van der Waals surface area contributed by atoms with Crippen LogP contribution >= 0.6 is 11.6 Å². The first-order valence-electron chi connectivity index (χ1n) is 8.30. The number of amides is 2. The Balaban J connectivity index is 1.61. The number of nitrogens with one attached hydrogen (secondary N) is 3. The van der Waals surface area contributed by atoms with Crippen molar-refractivity contribution in [2.24, 2.45) is 0 Å². The largest absolute Gasteiger partial charge is 0.497 e. The van der Waals surface area contributed by atoms with Crippen LogP contribution in [-0.4, -0.2) is 29.1 Å². The predicted octanol–water partition coefficient (Wildman–Crippen LogP) is 3.53. The molecule has 0 aliphatic heterocycles. The fourth-order valence-corrected chi connectivity index (χ4v) is 2.64. The van der Waals surface area contributed by atoms with Gasteiger partial charge in [-0.2, -0.15) is 5.10 Å². The van der Waals surface area contributed by atoms with Crippen LogP contribution in [0.3, 0.4) is 0 Å². The molecular formula is C19H15ClF2N4O3. The summed E-state index contributed by atoms with van der Waals surface area (Å²) in [5.74, 6) is -2.84. The first kappa shape index (κ1) is 20.3. The lowest BCUT2D eigenvalue weighted by molar-refractivity contribution is 0.0945. The van der Waals surface area contributed by atoms with Crippen molar-refractivity contribution < 1.29 is 23.1 Å². The third kappa shape index (κ3) is 4.88. The summed E-state index contributed by atoms with van der Waals surface area (Å²) in [4.78, 5) is 24.4. The maximum Gasteiger partial charge on any atom is 0.272 e. The molecule has 2 aromatic carbocycles. The number of aromatic amines is 1. The summed E-state index contributed by atoms with van der Waals surface area (Å²) >= 11 is 5.77. The molecule has 0 radical (unpaired) electrons. The molecule has 0 saturated carbocycles. The Labute approximate surface area is 169 Å². The number of benzene rings is 2. The number of nitrogens with zero attached hydrogens (tertiary/aromatic N) is 1. The van der Waals surface area contributed by atoms with Gasteiger partial charge >= 0.3 is 0 Å². The van der Waals surface area contributed by atoms with Crippen LogP contribution in [0.2, 0.25) is 5.02 Å². The van der Waals surface area contributed by atoms with Gasteiger partial charge in [0.05, 0.1) is 17.7 Å². The number of methoxy groups -OCH3 is 1. The van der Waals surface area contributed by atoms with Crippen LogP contribution in [0, 0.1) is 11.6 Å². The van der Waals surface area contributed by atoms with Gasteiger partial charge in [0.25, 0.3) is 11.8 Å². The van der Waals surface area contributed by atoms with Gasteiger partial charge in [0, 0.05) is 12.6 Å². The van der Waals surface area contributed by atoms with Crippen molar-refractivity contribution in [1.29, 1.82) is 0 Å². The smallest absolute Gasteiger partial charge is 0.272 e. The highest BCUT2D eigenvalue weighted by molar-refractivity contribution is 6.34. The van der Waals surface area contributed by atoms with Crippen molar-refractivity contribution in [3.05, 3.63) is 75.9 Å². The second-order valence-electron chi connectivity index (χ2n) is 5.90. The number of hydrogen-bond acceptors (Lipinski definition) is 4. The first-order valence-corrected chi connectivity index (χ1v) is 8.67. The first-order chi connectivity index (χ1) is 13.9. The third-order valence-corrected chi connectivity index (χ3v) is 4.24. The van der Waals surface area contributed by atoms with E-state index in [1.807, 2.05) is 0 Å². The molecule has 0 aliphatic rings. The van der Waals surface area contributed by atoms with Crippen molar-refractivity contribution in [3.8, 4) is 5.75 Å². The quantitative estimate of drug-likeness (QED) is 0.531. The van der Waals surface area contributed by atoms with Gasteiger partial charge in [0.15, 0.2) is 17.3 Å². The van der Waals surface area contributed by atoms with Crippen molar-refractivity contribution in [2.75, 3.05) is 12.4 Å². The average molecular weight is 421 g/mol. The van der Waals surface area contributed by atoms with Gasteiger partial charge < -0.3 is 15.4 Å². The van der Waals surface area contributed by atoms with Crippen LogP contribution in [0.5, 0.6) is 5.75 Å². The minimum absolute atomic E-state index is 0.0326. The number of anilines is 1. The second kappa shape index (κ2) is 8.70. The van der Waals surface area contributed by atoms with Crippen LogP contribution < -0.4 is 15.4 Å². The number of carbonyl (C=O) groups excluding carboxylic acids is 2. The number of hydrogen-bond donors (Lipinski definition) is 3. The molecule has 3 N–H and O–H groups in total. The summed E-state index contributed by atoms with van der Waals surface area (Å²) in [5, 5.41) is 11.1. The Morgan fingerprint density at radius 2 is 1.79 bits per heavy atom. The average Bonchev–Trinajstić information content (AvgIpc) is 3.17. The van der Waals surface area contributed by atoms with E-state index in [0.29, 0.717) is 17.9 Å². The Morgan fingerprint density at radius 3 is 2.48 bits per heavy atom. The van der Waals surface area contributed by atoms with Gasteiger partial charge in [0.2, 0.25) is 0 Å². The lowest BCUT2D eigenvalue weighted by Gasteiger charge is -2.05. The molecule has 0 aliphatic carbocycles. The van der Waals surface area contributed by atoms with Crippen LogP contribution in [0.25, 0.3) is 0 Å². The van der Waals surface area contributed by atoms with E-state index in [0.717, 1.165) is 5.56 Å². The van der Waals surface area contributed by atoms with Gasteiger partial charge in [-0.05, 0) is 29.8 Å². The highest BCUT2D eigenvalue weighted by atomic mass is 35.5. The standard InChI is InChI=1S/C19H15ClF2N4O3/c1-29-11-4-2-10(3-5-11)9-23-19(28)16-8-17(26-25-16)24-18(27)12-6-14(21)15(22)7-13(12)20/h2-8H,9H2,1H3,(H,23,28)(H2,24,25,26,27). The summed E-state index contributed by atoms with van der Waals surface area (Å²) in [6.07, 6.45) is 0. The summed E-state index contributed by atoms with van der Waals surface area (Å²) in [5.41, 5.74) is 0.632. The molecule has 1 aromatic heterocycles. The molecule has 0 atom stereocenters. The van der Waals surface area contributed by atoms with E-state index in [-0.39, 0.29) is 28.6 Å². The van der Waals surface area contributed by atoms with Gasteiger partial charge in [-0.15, -0.1) is 0 Å². The summed E-state index contributed by atoms with van der Waals surface area (Å²) in [7, 11) is 1.56. The molecule has 0 spiro atoms. The highest BCUT2D eigenvalue weighted by Crippen LogP contribution is 2.21. The molecule has 0 bridgehead atoms. The number of carbonyl (C=O) groups is 2. The maximum atomic E-state index is 13.3. The molecule has 0 fully saturated rings. The molecule has 10 heteroatoms. The van der Waals surface area contributed by atoms with Crippen LogP contribution in [0.1, 0.15) is 26.4 Å². The third-order valence-electron chi connectivity index (χ3n) is 3.93. The van der Waals surface area contributed by atoms with Crippen molar-refractivity contribution >= 4 is 29.2 Å². The van der Waals surface area contributed by atoms with E-state index in [9.17, 15) is 18.4 Å². The fraction of sp³-hybridized carbons (Fsp3) is 0.105. The van der Waals surface area contributed by atoms with Gasteiger partial charge in [-0.1, -0.05) is 23.7 Å². The Bertz CT molecular complexity index is 1050. The minimum Gasteiger partial charge on any atom is -0.497 e. The Kier molecular flexibility index (Phi) is 6.08. The summed E-state index contributed by atoms with van der Waals surface area (Å²) in [6.45, 7) is 0.266. The zero-order valence-electron chi connectivity index (χ0n) is 15.1. The molecule has 7 nitrogen and oxygen atoms in total. The molecule has 1 heterocycles. The van der Waals surface area contributed by atoms with E-state index < -0.39 is 23.4 Å². The summed E-state index contributed by atoms with van der Waals surface area (Å²) < 4.78 is 31.5. The molecule has 3 rings (SSSR count). The van der Waals surface area contributed by atoms with E-state index in [2.05, 4.69) is 20.8 Å². The fourth-order valence-electron chi connectivity index (χ4n) is 2.40. The number of halogens is 3. The highest BCUT2D eigenvalue weighted by Gasteiger charge is 2.17. The van der Waals surface area contributed by atoms with Gasteiger partial charge in [-0.25, -0.2) is 8.78 Å². The topological polar surface area (TPSA) is 96.1 Å². The lowest BCUT2D eigenvalue weighted by Crippen LogP contribution is -2.23. The number of ether oxygens (including phenoxy) is 1. The number of aromatic nitrogens is 2. The SMILES string of the molecule is COc1ccc(CNC(=O)c2cc(NC(=O)c3cc(F)c(F)cc3Cl)[nH]n2)cc1. The minimum atomic E-state index is -1.21. The van der Waals surface area contributed by atoms with E-state index >= 15 is 0 Å². The normalized spacial score (nSPS) is 10.5. The molecule has 2 amide bonds. The maximum absolute atomic E-state index is 13.3. The molecule has 29 heavy (non-hydrogen) atoms. The Hall–Kier alpha value is -3.46. The van der Waals surface area contributed by atoms with Crippen molar-refractivity contribution in [2.45, 2.75) is 6.54 Å². The van der Waals surface area contributed by atoms with Crippen LogP contribution in [-0.2, 0) is 6.54 Å².